The van der Waals surface area contributed by atoms with Crippen LogP contribution in [0.3, 0.4) is 0 Å². The molecule has 0 heterocycles. The van der Waals surface area contributed by atoms with E-state index in [-0.39, 0.29) is 18.6 Å². The van der Waals surface area contributed by atoms with Gasteiger partial charge >= 0.3 is 5.97 Å². The normalized spacial score (nSPS) is 14.7. The molecule has 0 aromatic heterocycles. The van der Waals surface area contributed by atoms with E-state index in [1.54, 1.807) is 13.8 Å². The first-order valence-corrected chi connectivity index (χ1v) is 14.0. The second-order valence-corrected chi connectivity index (χ2v) is 10.2. The molecule has 44 heavy (non-hydrogen) atoms. The van der Waals surface area contributed by atoms with Crippen molar-refractivity contribution in [3.63, 3.8) is 0 Å². The zero-order chi connectivity index (χ0) is 34.1. The lowest BCUT2D eigenvalue weighted by molar-refractivity contribution is -0.139. The molecule has 20 heteroatoms. The van der Waals surface area contributed by atoms with Crippen LogP contribution in [0.1, 0.15) is 46.0 Å². The van der Waals surface area contributed by atoms with Crippen molar-refractivity contribution in [2.24, 2.45) is 28.9 Å². The zero-order valence-electron chi connectivity index (χ0n) is 24.3. The lowest BCUT2D eigenvalue weighted by atomic mass is 9.97. The first-order chi connectivity index (χ1) is 20.4. The van der Waals surface area contributed by atoms with Crippen LogP contribution in [0.4, 0.5) is 0 Å². The predicted octanol–water partition coefficient (Wildman–Crippen LogP) is -5.55. The summed E-state index contributed by atoms with van der Waals surface area (Å²) in [5, 5.41) is 20.2. The minimum Gasteiger partial charge on any atom is -0.480 e. The van der Waals surface area contributed by atoms with Crippen molar-refractivity contribution in [3.8, 4) is 0 Å². The number of carbonyl (C=O) groups is 9. The Morgan fingerprint density at radius 1 is 0.705 bits per heavy atom. The molecule has 6 atom stereocenters. The number of nitrogens with two attached hydrogens (primary N) is 4. The molecule has 0 fully saturated rings. The standard InChI is InChI=1S/C24H41N9O10S/c1-3-10(2)19(24(43)29-8-18(37)38)33-22(41)13(7-17(28)36)31-23(42)14(9-44)32-21(40)12(4-5-15(26)34)30-20(39)11(25)6-16(27)35/h10-14,19,44H,3-9,25H2,1-2H3,(H2,26,34)(H2,27,35)(H2,28,36)(H,29,43)(H,30,39)(H,31,42)(H,32,40)(H,33,41)(H,37,38)/t10-,11-,12-,13-,14-,19-/m0/s1. The molecule has 0 rings (SSSR count). The molecule has 0 radical (unpaired) electrons. The molecule has 0 unspecified atom stereocenters. The number of hydrogen-bond donors (Lipinski definition) is 11. The number of carboxylic acids is 1. The molecule has 0 aliphatic rings. The number of nitrogens with one attached hydrogen (secondary N) is 5. The fraction of sp³-hybridized carbons (Fsp3) is 0.625. The van der Waals surface area contributed by atoms with Crippen molar-refractivity contribution in [2.45, 2.75) is 76.2 Å². The van der Waals surface area contributed by atoms with E-state index < -0.39 is 109 Å². The monoisotopic (exact) mass is 647 g/mol. The first-order valence-electron chi connectivity index (χ1n) is 13.4. The van der Waals surface area contributed by atoms with E-state index in [1.165, 1.54) is 0 Å². The fourth-order valence-electron chi connectivity index (χ4n) is 3.52. The second-order valence-electron chi connectivity index (χ2n) is 9.80. The third kappa shape index (κ3) is 15.1. The maximum Gasteiger partial charge on any atom is 0.322 e. The third-order valence-electron chi connectivity index (χ3n) is 6.13. The van der Waals surface area contributed by atoms with E-state index in [4.69, 9.17) is 28.0 Å². The number of primary amides is 3. The molecule has 0 aromatic carbocycles. The Labute approximate surface area is 258 Å². The topological polar surface area (TPSA) is 338 Å². The molecular weight excluding hydrogens is 606 g/mol. The van der Waals surface area contributed by atoms with Crippen LogP contribution in [0.25, 0.3) is 0 Å². The number of carboxylic acid groups (broad SMARTS) is 1. The highest BCUT2D eigenvalue weighted by atomic mass is 32.1. The SMILES string of the molecule is CC[C@H](C)[C@H](NC(=O)[C@H](CC(N)=O)NC(=O)[C@H](CS)NC(=O)[C@H](CCC(N)=O)NC(=O)[C@@H](N)CC(N)=O)C(=O)NCC(=O)O. The summed E-state index contributed by atoms with van der Waals surface area (Å²) < 4.78 is 0. The van der Waals surface area contributed by atoms with Gasteiger partial charge in [0, 0.05) is 12.2 Å². The Hall–Kier alpha value is -4.46. The smallest absolute Gasteiger partial charge is 0.322 e. The molecule has 0 aliphatic heterocycles. The maximum atomic E-state index is 13.1. The largest absolute Gasteiger partial charge is 0.480 e. The van der Waals surface area contributed by atoms with Gasteiger partial charge in [-0.3, -0.25) is 43.2 Å². The van der Waals surface area contributed by atoms with Crippen molar-refractivity contribution in [2.75, 3.05) is 12.3 Å². The predicted molar refractivity (Wildman–Crippen MR) is 156 cm³/mol. The van der Waals surface area contributed by atoms with Gasteiger partial charge in [0.05, 0.1) is 18.9 Å². The Balaban J connectivity index is 5.83. The van der Waals surface area contributed by atoms with Crippen molar-refractivity contribution in [3.05, 3.63) is 0 Å². The summed E-state index contributed by atoms with van der Waals surface area (Å²) in [6.45, 7) is 2.60. The third-order valence-corrected chi connectivity index (χ3v) is 6.50. The average molecular weight is 648 g/mol. The fourth-order valence-corrected chi connectivity index (χ4v) is 3.78. The Morgan fingerprint density at radius 2 is 1.20 bits per heavy atom. The molecule has 0 saturated carbocycles. The summed E-state index contributed by atoms with van der Waals surface area (Å²) in [6.07, 6.45) is -1.55. The van der Waals surface area contributed by atoms with Crippen LogP contribution in [-0.4, -0.2) is 101 Å². The van der Waals surface area contributed by atoms with Gasteiger partial charge in [0.15, 0.2) is 0 Å². The van der Waals surface area contributed by atoms with Gasteiger partial charge in [-0.2, -0.15) is 12.6 Å². The van der Waals surface area contributed by atoms with Gasteiger partial charge in [-0.25, -0.2) is 0 Å². The summed E-state index contributed by atoms with van der Waals surface area (Å²) in [5.74, 6) is -9.66. The van der Waals surface area contributed by atoms with Gasteiger partial charge in [0.2, 0.25) is 47.3 Å². The summed E-state index contributed by atoms with van der Waals surface area (Å²) in [7, 11) is 0. The highest BCUT2D eigenvalue weighted by molar-refractivity contribution is 7.80. The molecule has 248 valence electrons. The summed E-state index contributed by atoms with van der Waals surface area (Å²) in [6, 6.07) is -7.20. The number of rotatable bonds is 21. The molecule has 19 nitrogen and oxygen atoms in total. The van der Waals surface area contributed by atoms with Gasteiger partial charge in [0.1, 0.15) is 30.7 Å². The Bertz CT molecular complexity index is 1110. The van der Waals surface area contributed by atoms with E-state index in [0.717, 1.165) is 0 Å². The minimum absolute atomic E-state index is 0.315. The number of thiol groups is 1. The minimum atomic E-state index is -1.63. The van der Waals surface area contributed by atoms with Crippen LogP contribution in [0.15, 0.2) is 0 Å². The van der Waals surface area contributed by atoms with Gasteiger partial charge < -0.3 is 54.6 Å². The second kappa shape index (κ2) is 19.7. The molecule has 8 amide bonds. The van der Waals surface area contributed by atoms with Crippen LogP contribution >= 0.6 is 12.6 Å². The van der Waals surface area contributed by atoms with E-state index >= 15 is 0 Å². The number of hydrogen-bond acceptors (Lipinski definition) is 11. The van der Waals surface area contributed by atoms with Crippen molar-refractivity contribution < 1.29 is 48.3 Å². The summed E-state index contributed by atoms with van der Waals surface area (Å²) >= 11 is 4.03. The molecule has 14 N–H and O–H groups in total. The molecular formula is C24H41N9O10S. The van der Waals surface area contributed by atoms with Gasteiger partial charge in [-0.1, -0.05) is 20.3 Å². The quantitative estimate of drug-likeness (QED) is 0.0522. The van der Waals surface area contributed by atoms with Crippen LogP contribution in [0, 0.1) is 5.92 Å². The number of amides is 8. The van der Waals surface area contributed by atoms with E-state index in [1.807, 2.05) is 0 Å². The average Bonchev–Trinajstić information content (AvgIpc) is 2.93. The molecule has 0 aromatic rings. The highest BCUT2D eigenvalue weighted by Gasteiger charge is 2.33. The van der Waals surface area contributed by atoms with Gasteiger partial charge in [-0.15, -0.1) is 0 Å². The Kier molecular flexibility index (Phi) is 17.7. The van der Waals surface area contributed by atoms with Crippen LogP contribution in [-0.2, 0) is 43.2 Å². The van der Waals surface area contributed by atoms with Crippen molar-refractivity contribution >= 4 is 65.9 Å². The van der Waals surface area contributed by atoms with E-state index in [0.29, 0.717) is 6.42 Å². The van der Waals surface area contributed by atoms with E-state index in [2.05, 4.69) is 39.2 Å². The lowest BCUT2D eigenvalue weighted by Gasteiger charge is -2.27. The lowest BCUT2D eigenvalue weighted by Crippen LogP contribution is -2.60. The highest BCUT2D eigenvalue weighted by Crippen LogP contribution is 2.09. The summed E-state index contributed by atoms with van der Waals surface area (Å²) in [5.41, 5.74) is 21.0. The first kappa shape index (κ1) is 39.5. The molecule has 0 spiro atoms. The molecule has 0 saturated heterocycles. The Morgan fingerprint density at radius 3 is 1.68 bits per heavy atom. The molecule has 0 aliphatic carbocycles. The number of carbonyl (C=O) groups excluding carboxylic acids is 8. The number of aliphatic carboxylic acids is 1. The van der Waals surface area contributed by atoms with Crippen LogP contribution in [0.2, 0.25) is 0 Å². The summed E-state index contributed by atoms with van der Waals surface area (Å²) in [4.78, 5) is 109. The van der Waals surface area contributed by atoms with Crippen molar-refractivity contribution in [1.82, 2.24) is 26.6 Å². The van der Waals surface area contributed by atoms with Gasteiger partial charge in [0.25, 0.3) is 0 Å². The molecule has 0 bridgehead atoms. The maximum absolute atomic E-state index is 13.1. The zero-order valence-corrected chi connectivity index (χ0v) is 25.2. The van der Waals surface area contributed by atoms with Crippen molar-refractivity contribution in [1.29, 1.82) is 0 Å². The van der Waals surface area contributed by atoms with E-state index in [9.17, 15) is 43.2 Å². The van der Waals surface area contributed by atoms with Gasteiger partial charge in [-0.05, 0) is 12.3 Å². The van der Waals surface area contributed by atoms with Crippen LogP contribution < -0.4 is 49.5 Å². The van der Waals surface area contributed by atoms with Crippen LogP contribution in [0.5, 0.6) is 0 Å².